The van der Waals surface area contributed by atoms with Crippen LogP contribution in [0.2, 0.25) is 0 Å². The fourth-order valence-electron chi connectivity index (χ4n) is 1.98. The molecule has 0 atom stereocenters. The summed E-state index contributed by atoms with van der Waals surface area (Å²) >= 11 is 1.58. The molecule has 1 amide bonds. The first-order valence-corrected chi connectivity index (χ1v) is 7.59. The van der Waals surface area contributed by atoms with Crippen LogP contribution in [-0.4, -0.2) is 17.4 Å². The zero-order valence-electron chi connectivity index (χ0n) is 11.8. The minimum absolute atomic E-state index is 0.0191. The van der Waals surface area contributed by atoms with Crippen molar-refractivity contribution in [2.45, 2.75) is 20.8 Å². The Morgan fingerprint density at radius 3 is 2.70 bits per heavy atom. The number of amides is 1. The van der Waals surface area contributed by atoms with Crippen LogP contribution >= 0.6 is 11.8 Å². The molecular formula is C15H17NO3S. The number of nitrogens with one attached hydrogen (secondary N) is 1. The SMILES string of the molecule is CCSCC(=O)Nc1cc2c(C)cc(=O)oc2cc1C. The number of anilines is 1. The van der Waals surface area contributed by atoms with Crippen LogP contribution in [0.3, 0.4) is 0 Å². The van der Waals surface area contributed by atoms with Crippen LogP contribution < -0.4 is 10.9 Å². The highest BCUT2D eigenvalue weighted by Gasteiger charge is 2.09. The summed E-state index contributed by atoms with van der Waals surface area (Å²) in [6.45, 7) is 5.75. The van der Waals surface area contributed by atoms with Crippen molar-refractivity contribution >= 4 is 34.3 Å². The van der Waals surface area contributed by atoms with E-state index in [2.05, 4.69) is 5.32 Å². The fourth-order valence-corrected chi connectivity index (χ4v) is 2.44. The van der Waals surface area contributed by atoms with Crippen molar-refractivity contribution in [1.29, 1.82) is 0 Å². The molecule has 0 saturated heterocycles. The standard InChI is InChI=1S/C15H17NO3S/c1-4-20-8-14(17)16-12-7-11-9(2)6-15(18)19-13(11)5-10(12)3/h5-7H,4,8H2,1-3H3,(H,16,17). The molecule has 0 aliphatic carbocycles. The molecule has 2 aromatic rings. The van der Waals surface area contributed by atoms with Gasteiger partial charge < -0.3 is 9.73 Å². The van der Waals surface area contributed by atoms with Gasteiger partial charge in [-0.25, -0.2) is 4.79 Å². The molecule has 0 fully saturated rings. The average molecular weight is 291 g/mol. The van der Waals surface area contributed by atoms with Gasteiger partial charge in [0.25, 0.3) is 0 Å². The first kappa shape index (κ1) is 14.7. The van der Waals surface area contributed by atoms with Gasteiger partial charge in [-0.05, 0) is 42.9 Å². The van der Waals surface area contributed by atoms with E-state index in [1.54, 1.807) is 17.8 Å². The van der Waals surface area contributed by atoms with Gasteiger partial charge in [-0.15, -0.1) is 0 Å². The van der Waals surface area contributed by atoms with E-state index >= 15 is 0 Å². The summed E-state index contributed by atoms with van der Waals surface area (Å²) in [6.07, 6.45) is 0. The molecule has 5 heteroatoms. The van der Waals surface area contributed by atoms with E-state index in [0.717, 1.165) is 28.0 Å². The van der Waals surface area contributed by atoms with Crippen LogP contribution in [0.15, 0.2) is 27.4 Å². The van der Waals surface area contributed by atoms with Crippen molar-refractivity contribution in [3.63, 3.8) is 0 Å². The number of hydrogen-bond donors (Lipinski definition) is 1. The number of carbonyl (C=O) groups is 1. The van der Waals surface area contributed by atoms with E-state index in [9.17, 15) is 9.59 Å². The van der Waals surface area contributed by atoms with E-state index < -0.39 is 0 Å². The molecule has 1 aromatic carbocycles. The summed E-state index contributed by atoms with van der Waals surface area (Å²) in [7, 11) is 0. The molecule has 106 valence electrons. The number of carbonyl (C=O) groups excluding carboxylic acids is 1. The van der Waals surface area contributed by atoms with Crippen molar-refractivity contribution < 1.29 is 9.21 Å². The molecule has 0 aliphatic heterocycles. The Labute approximate surface area is 121 Å². The molecule has 0 radical (unpaired) electrons. The van der Waals surface area contributed by atoms with Gasteiger partial charge in [0.2, 0.25) is 5.91 Å². The molecule has 4 nitrogen and oxygen atoms in total. The van der Waals surface area contributed by atoms with E-state index in [1.165, 1.54) is 6.07 Å². The van der Waals surface area contributed by atoms with Crippen molar-refractivity contribution in [2.24, 2.45) is 0 Å². The minimum atomic E-state index is -0.356. The highest BCUT2D eigenvalue weighted by molar-refractivity contribution is 7.99. The Hall–Kier alpha value is -1.75. The first-order chi connectivity index (χ1) is 9.51. The van der Waals surface area contributed by atoms with Crippen LogP contribution in [0, 0.1) is 13.8 Å². The summed E-state index contributed by atoms with van der Waals surface area (Å²) in [4.78, 5) is 23.2. The highest BCUT2D eigenvalue weighted by Crippen LogP contribution is 2.25. The van der Waals surface area contributed by atoms with Crippen LogP contribution in [0.1, 0.15) is 18.1 Å². The number of thioether (sulfide) groups is 1. The molecule has 0 saturated carbocycles. The van der Waals surface area contributed by atoms with Gasteiger partial charge >= 0.3 is 5.63 Å². The van der Waals surface area contributed by atoms with Crippen LogP contribution in [0.25, 0.3) is 11.0 Å². The number of rotatable bonds is 4. The molecule has 1 N–H and O–H groups in total. The van der Waals surface area contributed by atoms with Gasteiger partial charge in [0.15, 0.2) is 0 Å². The van der Waals surface area contributed by atoms with Gasteiger partial charge in [0.05, 0.1) is 5.75 Å². The average Bonchev–Trinajstić information content (AvgIpc) is 2.38. The van der Waals surface area contributed by atoms with Gasteiger partial charge in [-0.2, -0.15) is 11.8 Å². The lowest BCUT2D eigenvalue weighted by Crippen LogP contribution is -2.15. The third-order valence-electron chi connectivity index (χ3n) is 3.01. The second-order valence-electron chi connectivity index (χ2n) is 4.60. The summed E-state index contributed by atoms with van der Waals surface area (Å²) in [5.41, 5.74) is 2.67. The lowest BCUT2D eigenvalue weighted by Gasteiger charge is -2.10. The van der Waals surface area contributed by atoms with Crippen LogP contribution in [-0.2, 0) is 4.79 Å². The quantitative estimate of drug-likeness (QED) is 0.879. The maximum atomic E-state index is 11.8. The Balaban J connectivity index is 2.37. The number of hydrogen-bond acceptors (Lipinski definition) is 4. The van der Waals surface area contributed by atoms with Gasteiger partial charge in [-0.3, -0.25) is 4.79 Å². The normalized spacial score (nSPS) is 10.8. The molecular weight excluding hydrogens is 274 g/mol. The third-order valence-corrected chi connectivity index (χ3v) is 3.88. The predicted octanol–water partition coefficient (Wildman–Crippen LogP) is 3.10. The van der Waals surface area contributed by atoms with E-state index in [1.807, 2.05) is 26.8 Å². The van der Waals surface area contributed by atoms with Crippen molar-refractivity contribution in [3.8, 4) is 0 Å². The van der Waals surface area contributed by atoms with Gasteiger partial charge in [0, 0.05) is 17.1 Å². The molecule has 2 rings (SSSR count). The predicted molar refractivity (Wildman–Crippen MR) is 83.6 cm³/mol. The molecule has 1 aromatic heterocycles. The second kappa shape index (κ2) is 6.13. The Morgan fingerprint density at radius 1 is 1.25 bits per heavy atom. The first-order valence-electron chi connectivity index (χ1n) is 6.44. The van der Waals surface area contributed by atoms with Gasteiger partial charge in [-0.1, -0.05) is 6.92 Å². The van der Waals surface area contributed by atoms with Crippen LogP contribution in [0.5, 0.6) is 0 Å². The van der Waals surface area contributed by atoms with E-state index in [-0.39, 0.29) is 11.5 Å². The molecule has 20 heavy (non-hydrogen) atoms. The maximum absolute atomic E-state index is 11.8. The summed E-state index contributed by atoms with van der Waals surface area (Å²) in [5.74, 6) is 1.33. The smallest absolute Gasteiger partial charge is 0.336 e. The molecule has 0 unspecified atom stereocenters. The Morgan fingerprint density at radius 2 is 2.00 bits per heavy atom. The topological polar surface area (TPSA) is 59.3 Å². The number of fused-ring (bicyclic) bond motifs is 1. The number of benzene rings is 1. The van der Waals surface area contributed by atoms with Crippen molar-refractivity contribution in [2.75, 3.05) is 16.8 Å². The molecule has 0 bridgehead atoms. The molecule has 0 spiro atoms. The van der Waals surface area contributed by atoms with Crippen molar-refractivity contribution in [3.05, 3.63) is 39.7 Å². The second-order valence-corrected chi connectivity index (χ2v) is 5.87. The molecule has 0 aliphatic rings. The zero-order valence-corrected chi connectivity index (χ0v) is 12.6. The maximum Gasteiger partial charge on any atom is 0.336 e. The fraction of sp³-hybridized carbons (Fsp3) is 0.333. The van der Waals surface area contributed by atoms with Gasteiger partial charge in [0.1, 0.15) is 5.58 Å². The largest absolute Gasteiger partial charge is 0.423 e. The van der Waals surface area contributed by atoms with E-state index in [0.29, 0.717) is 11.3 Å². The zero-order chi connectivity index (χ0) is 14.7. The third kappa shape index (κ3) is 3.22. The monoisotopic (exact) mass is 291 g/mol. The summed E-state index contributed by atoms with van der Waals surface area (Å²) in [5, 5.41) is 3.74. The highest BCUT2D eigenvalue weighted by atomic mass is 32.2. The lowest BCUT2D eigenvalue weighted by molar-refractivity contribution is -0.113. The summed E-state index contributed by atoms with van der Waals surface area (Å²) < 4.78 is 5.18. The Bertz CT molecular complexity index is 706. The Kier molecular flexibility index (Phi) is 4.49. The van der Waals surface area contributed by atoms with E-state index in [4.69, 9.17) is 4.42 Å². The lowest BCUT2D eigenvalue weighted by atomic mass is 10.1. The summed E-state index contributed by atoms with van der Waals surface area (Å²) in [6, 6.07) is 5.10. The van der Waals surface area contributed by atoms with Crippen molar-refractivity contribution in [1.82, 2.24) is 0 Å². The molecule has 1 heterocycles. The minimum Gasteiger partial charge on any atom is -0.423 e. The number of aryl methyl sites for hydroxylation is 2. The van der Waals surface area contributed by atoms with Crippen LogP contribution in [0.4, 0.5) is 5.69 Å².